The van der Waals surface area contributed by atoms with Gasteiger partial charge < -0.3 is 16.0 Å². The van der Waals surface area contributed by atoms with Crippen LogP contribution in [-0.2, 0) is 29.3 Å². The van der Waals surface area contributed by atoms with E-state index in [9.17, 15) is 26.4 Å². The molecule has 0 spiro atoms. The molecule has 2 heterocycles. The molecule has 0 unspecified atom stereocenters. The Bertz CT molecular complexity index is 1570. The van der Waals surface area contributed by atoms with Crippen LogP contribution < -0.4 is 16.0 Å². The molecule has 240 valence electrons. The van der Waals surface area contributed by atoms with E-state index in [4.69, 9.17) is 22.4 Å². The number of nitrogens with two attached hydrogens (primary N) is 1. The molecule has 2 aromatic carbocycles. The van der Waals surface area contributed by atoms with Gasteiger partial charge in [0.15, 0.2) is 0 Å². The molecule has 0 bridgehead atoms. The van der Waals surface area contributed by atoms with Gasteiger partial charge in [0.1, 0.15) is 0 Å². The second-order valence-corrected chi connectivity index (χ2v) is 13.1. The predicted octanol–water partition coefficient (Wildman–Crippen LogP) is 5.02. The maximum atomic E-state index is 13.2. The third kappa shape index (κ3) is 8.03. The van der Waals surface area contributed by atoms with Crippen molar-refractivity contribution in [3.63, 3.8) is 0 Å². The van der Waals surface area contributed by atoms with Crippen LogP contribution in [0.3, 0.4) is 0 Å². The fourth-order valence-corrected chi connectivity index (χ4v) is 6.52. The Kier molecular flexibility index (Phi) is 10.5. The van der Waals surface area contributed by atoms with Gasteiger partial charge in [0.25, 0.3) is 0 Å². The number of para-hydroxylation sites is 1. The van der Waals surface area contributed by atoms with Crippen molar-refractivity contribution < 1.29 is 26.4 Å². The maximum absolute atomic E-state index is 13.2. The van der Waals surface area contributed by atoms with Crippen molar-refractivity contribution in [1.29, 1.82) is 0 Å². The average molecular weight is 656 g/mol. The summed E-state index contributed by atoms with van der Waals surface area (Å²) in [5.74, 6) is 0. The number of urea groups is 1. The molecule has 15 heteroatoms. The number of aryl methyl sites for hydroxylation is 1. The molecular formula is C29H37ClF3N7O3S. The number of anilines is 2. The molecule has 0 atom stereocenters. The van der Waals surface area contributed by atoms with Crippen LogP contribution in [0.15, 0.2) is 42.5 Å². The number of aromatic nitrogens is 2. The molecule has 1 fully saturated rings. The van der Waals surface area contributed by atoms with Gasteiger partial charge >= 0.3 is 12.2 Å². The summed E-state index contributed by atoms with van der Waals surface area (Å²) in [7, 11) is -3.51. The number of carbonyl (C=O) groups excluding carboxylic acids is 1. The molecule has 3 aromatic rings. The van der Waals surface area contributed by atoms with Crippen LogP contribution in [0.4, 0.5) is 29.3 Å². The third-order valence-electron chi connectivity index (χ3n) is 7.75. The van der Waals surface area contributed by atoms with E-state index in [0.717, 1.165) is 55.8 Å². The van der Waals surface area contributed by atoms with Gasteiger partial charge in [0, 0.05) is 69.2 Å². The number of sulfonamides is 1. The number of nitrogens with zero attached hydrogens (tertiary/aromatic N) is 5. The Hall–Kier alpha value is -3.33. The number of benzene rings is 2. The number of nitrogens with one attached hydrogen (secondary N) is 1. The molecule has 4 rings (SSSR count). The minimum atomic E-state index is -4.46. The van der Waals surface area contributed by atoms with E-state index < -0.39 is 27.8 Å². The van der Waals surface area contributed by atoms with E-state index in [1.54, 1.807) is 29.8 Å². The van der Waals surface area contributed by atoms with Crippen molar-refractivity contribution in [3.8, 4) is 11.3 Å². The first-order valence-corrected chi connectivity index (χ1v) is 16.4. The van der Waals surface area contributed by atoms with Gasteiger partial charge in [-0.2, -0.15) is 22.6 Å². The molecule has 44 heavy (non-hydrogen) atoms. The van der Waals surface area contributed by atoms with Gasteiger partial charge in [-0.25, -0.2) is 13.2 Å². The van der Waals surface area contributed by atoms with Gasteiger partial charge in [-0.05, 0) is 37.6 Å². The van der Waals surface area contributed by atoms with Crippen molar-refractivity contribution >= 4 is 39.0 Å². The van der Waals surface area contributed by atoms with Crippen molar-refractivity contribution in [2.24, 2.45) is 5.73 Å². The Morgan fingerprint density at radius 2 is 1.75 bits per heavy atom. The first kappa shape index (κ1) is 33.6. The molecule has 0 radical (unpaired) electrons. The monoisotopic (exact) mass is 655 g/mol. The summed E-state index contributed by atoms with van der Waals surface area (Å²) in [5.41, 5.74) is 8.23. The van der Waals surface area contributed by atoms with Gasteiger partial charge in [-0.3, -0.25) is 9.58 Å². The summed E-state index contributed by atoms with van der Waals surface area (Å²) in [6, 6.07) is 9.38. The van der Waals surface area contributed by atoms with E-state index in [0.29, 0.717) is 47.2 Å². The lowest BCUT2D eigenvalue weighted by Gasteiger charge is -2.37. The van der Waals surface area contributed by atoms with E-state index in [2.05, 4.69) is 15.1 Å². The fourth-order valence-electron chi connectivity index (χ4n) is 5.39. The zero-order valence-electron chi connectivity index (χ0n) is 24.9. The molecule has 1 aromatic heterocycles. The number of halogens is 4. The fraction of sp³-hybridized carbons (Fsp3) is 0.448. The number of piperazine rings is 1. The van der Waals surface area contributed by atoms with Crippen LogP contribution >= 0.6 is 11.6 Å². The normalized spacial score (nSPS) is 14.8. The second kappa shape index (κ2) is 13.8. The number of alkyl halides is 3. The van der Waals surface area contributed by atoms with Crippen molar-refractivity contribution in [3.05, 3.63) is 64.3 Å². The molecule has 1 saturated heterocycles. The summed E-state index contributed by atoms with van der Waals surface area (Å²) < 4.78 is 67.4. The standard InChI is InChI=1S/C29H37ClF3N7O3S/c1-4-39(44(3,42)43)19-23-20(2)40(36-26(23)21-9-11-22(12-10-21)29(31,32)33)14-6-13-37-15-17-38(18-16-37)27-24(30)7-5-8-25(27)35-28(34)41/h5,7-12H,4,6,13-19H2,1-3H3,(H3,34,35,41). The molecule has 1 aliphatic rings. The van der Waals surface area contributed by atoms with Gasteiger partial charge in [-0.1, -0.05) is 36.7 Å². The number of amides is 2. The Labute approximate surface area is 260 Å². The van der Waals surface area contributed by atoms with Gasteiger partial charge in [0.2, 0.25) is 10.0 Å². The van der Waals surface area contributed by atoms with E-state index in [1.807, 2.05) is 6.92 Å². The molecule has 1 aliphatic heterocycles. The minimum absolute atomic E-state index is 0.0636. The number of carbonyl (C=O) groups is 1. The average Bonchev–Trinajstić information content (AvgIpc) is 3.25. The summed E-state index contributed by atoms with van der Waals surface area (Å²) in [4.78, 5) is 15.9. The summed E-state index contributed by atoms with van der Waals surface area (Å²) in [5, 5.41) is 7.91. The van der Waals surface area contributed by atoms with Gasteiger partial charge in [-0.15, -0.1) is 0 Å². The lowest BCUT2D eigenvalue weighted by Crippen LogP contribution is -2.47. The van der Waals surface area contributed by atoms with E-state index >= 15 is 0 Å². The highest BCUT2D eigenvalue weighted by Crippen LogP contribution is 2.35. The Morgan fingerprint density at radius 1 is 1.09 bits per heavy atom. The first-order valence-electron chi connectivity index (χ1n) is 14.2. The molecule has 2 amide bonds. The first-order chi connectivity index (χ1) is 20.7. The SMILES string of the molecule is CCN(Cc1c(-c2ccc(C(F)(F)F)cc2)nn(CCCN2CCN(c3c(Cl)cccc3NC(N)=O)CC2)c1C)S(C)(=O)=O. The number of hydrogen-bond donors (Lipinski definition) is 2. The molecule has 10 nitrogen and oxygen atoms in total. The van der Waals surface area contributed by atoms with Gasteiger partial charge in [0.05, 0.1) is 33.9 Å². The Morgan fingerprint density at radius 3 is 2.32 bits per heavy atom. The summed E-state index contributed by atoms with van der Waals surface area (Å²) in [6.07, 6.45) is -2.58. The van der Waals surface area contributed by atoms with Crippen LogP contribution in [0.2, 0.25) is 5.02 Å². The highest BCUT2D eigenvalue weighted by atomic mass is 35.5. The largest absolute Gasteiger partial charge is 0.416 e. The van der Waals surface area contributed by atoms with Crippen LogP contribution in [0.25, 0.3) is 11.3 Å². The van der Waals surface area contributed by atoms with Crippen LogP contribution in [0, 0.1) is 6.92 Å². The molecule has 0 aliphatic carbocycles. The quantitative estimate of drug-likeness (QED) is 0.300. The van der Waals surface area contributed by atoms with Crippen LogP contribution in [0.5, 0.6) is 0 Å². The highest BCUT2D eigenvalue weighted by Gasteiger charge is 2.31. The second-order valence-electron chi connectivity index (χ2n) is 10.7. The molecule has 3 N–H and O–H groups in total. The van der Waals surface area contributed by atoms with Crippen LogP contribution in [-0.4, -0.2) is 79.0 Å². The lowest BCUT2D eigenvalue weighted by atomic mass is 10.0. The zero-order chi connectivity index (χ0) is 32.2. The highest BCUT2D eigenvalue weighted by molar-refractivity contribution is 7.88. The number of hydrogen-bond acceptors (Lipinski definition) is 6. The Balaban J connectivity index is 1.46. The topological polar surface area (TPSA) is 117 Å². The molecular weight excluding hydrogens is 619 g/mol. The predicted molar refractivity (Wildman–Crippen MR) is 166 cm³/mol. The lowest BCUT2D eigenvalue weighted by molar-refractivity contribution is -0.137. The molecule has 0 saturated carbocycles. The minimum Gasteiger partial charge on any atom is -0.366 e. The zero-order valence-corrected chi connectivity index (χ0v) is 26.4. The third-order valence-corrected chi connectivity index (χ3v) is 9.38. The van der Waals surface area contributed by atoms with Crippen LogP contribution in [0.1, 0.15) is 30.2 Å². The summed E-state index contributed by atoms with van der Waals surface area (Å²) >= 11 is 6.46. The van der Waals surface area contributed by atoms with E-state index in [-0.39, 0.29) is 13.1 Å². The van der Waals surface area contributed by atoms with Crippen molar-refractivity contribution in [2.75, 3.05) is 55.7 Å². The smallest absolute Gasteiger partial charge is 0.366 e. The van der Waals surface area contributed by atoms with E-state index in [1.165, 1.54) is 16.4 Å². The van der Waals surface area contributed by atoms with Crippen molar-refractivity contribution in [1.82, 2.24) is 19.0 Å². The summed E-state index contributed by atoms with van der Waals surface area (Å²) in [6.45, 7) is 8.13. The number of rotatable bonds is 11. The maximum Gasteiger partial charge on any atom is 0.416 e. The van der Waals surface area contributed by atoms with Crippen molar-refractivity contribution in [2.45, 2.75) is 39.5 Å². The number of primary amides is 1.